The number of benzene rings is 1. The Bertz CT molecular complexity index is 780. The first-order chi connectivity index (χ1) is 9.20. The van der Waals surface area contributed by atoms with Gasteiger partial charge in [-0.15, -0.1) is 0 Å². The zero-order valence-electron chi connectivity index (χ0n) is 9.65. The molecule has 0 atom stereocenters. The van der Waals surface area contributed by atoms with Crippen LogP contribution in [-0.2, 0) is 0 Å². The van der Waals surface area contributed by atoms with Crippen LogP contribution in [0.4, 0.5) is 8.78 Å². The fourth-order valence-corrected chi connectivity index (χ4v) is 2.11. The van der Waals surface area contributed by atoms with Gasteiger partial charge < -0.3 is 4.98 Å². The molecule has 1 aromatic carbocycles. The maximum absolute atomic E-state index is 13.8. The number of carbonyl (C=O) groups excluding carboxylic acids is 1. The second kappa shape index (κ2) is 4.28. The van der Waals surface area contributed by atoms with E-state index in [9.17, 15) is 13.6 Å². The maximum Gasteiger partial charge on any atom is 0.152 e. The van der Waals surface area contributed by atoms with Crippen molar-refractivity contribution in [3.05, 3.63) is 53.9 Å². The average Bonchev–Trinajstić information content (AvgIpc) is 2.82. The predicted molar refractivity (Wildman–Crippen MR) is 66.8 cm³/mol. The SMILES string of the molecule is O=Cc1c[nH]c2nccc(-c3ccc(F)cc3F)c12. The minimum Gasteiger partial charge on any atom is -0.345 e. The van der Waals surface area contributed by atoms with E-state index in [1.54, 1.807) is 6.07 Å². The molecule has 3 rings (SSSR count). The highest BCUT2D eigenvalue weighted by Gasteiger charge is 2.14. The van der Waals surface area contributed by atoms with Crippen molar-refractivity contribution in [3.63, 3.8) is 0 Å². The lowest BCUT2D eigenvalue weighted by atomic mass is 10.0. The normalized spacial score (nSPS) is 10.8. The maximum atomic E-state index is 13.8. The Hall–Kier alpha value is -2.56. The van der Waals surface area contributed by atoms with E-state index in [2.05, 4.69) is 9.97 Å². The zero-order valence-corrected chi connectivity index (χ0v) is 9.65. The molecule has 94 valence electrons. The molecule has 0 amide bonds. The van der Waals surface area contributed by atoms with Crippen molar-refractivity contribution >= 4 is 17.3 Å². The number of H-pyrrole nitrogens is 1. The van der Waals surface area contributed by atoms with Crippen LogP contribution < -0.4 is 0 Å². The van der Waals surface area contributed by atoms with Crippen LogP contribution in [0.2, 0.25) is 0 Å². The van der Waals surface area contributed by atoms with Gasteiger partial charge in [-0.2, -0.15) is 0 Å². The quantitative estimate of drug-likeness (QED) is 0.717. The molecule has 3 nitrogen and oxygen atoms in total. The van der Waals surface area contributed by atoms with Crippen LogP contribution in [0.25, 0.3) is 22.2 Å². The summed E-state index contributed by atoms with van der Waals surface area (Å²) in [6.07, 6.45) is 3.69. The first-order valence-electron chi connectivity index (χ1n) is 5.57. The number of hydrogen-bond donors (Lipinski definition) is 1. The molecule has 0 aliphatic carbocycles. The number of halogens is 2. The van der Waals surface area contributed by atoms with Gasteiger partial charge in [0.05, 0.1) is 0 Å². The van der Waals surface area contributed by atoms with Crippen molar-refractivity contribution in [3.8, 4) is 11.1 Å². The summed E-state index contributed by atoms with van der Waals surface area (Å²) in [7, 11) is 0. The third kappa shape index (κ3) is 1.79. The topological polar surface area (TPSA) is 45.8 Å². The number of hydrogen-bond acceptors (Lipinski definition) is 2. The summed E-state index contributed by atoms with van der Waals surface area (Å²) in [5.74, 6) is -1.32. The summed E-state index contributed by atoms with van der Waals surface area (Å²) >= 11 is 0. The Morgan fingerprint density at radius 2 is 2.00 bits per heavy atom. The molecule has 0 bridgehead atoms. The van der Waals surface area contributed by atoms with Crippen molar-refractivity contribution in [2.45, 2.75) is 0 Å². The molecule has 0 radical (unpaired) electrons. The molecule has 0 unspecified atom stereocenters. The van der Waals surface area contributed by atoms with Crippen LogP contribution in [0.5, 0.6) is 0 Å². The summed E-state index contributed by atoms with van der Waals surface area (Å²) < 4.78 is 26.8. The highest BCUT2D eigenvalue weighted by atomic mass is 19.1. The van der Waals surface area contributed by atoms with Crippen LogP contribution >= 0.6 is 0 Å². The number of nitrogens with one attached hydrogen (secondary N) is 1. The third-order valence-electron chi connectivity index (χ3n) is 2.95. The number of nitrogens with zero attached hydrogens (tertiary/aromatic N) is 1. The molecular weight excluding hydrogens is 250 g/mol. The zero-order chi connectivity index (χ0) is 13.4. The molecule has 0 fully saturated rings. The molecule has 1 N–H and O–H groups in total. The summed E-state index contributed by atoms with van der Waals surface area (Å²) in [5, 5.41) is 0.531. The van der Waals surface area contributed by atoms with Crippen LogP contribution in [0.1, 0.15) is 10.4 Å². The Morgan fingerprint density at radius 3 is 2.74 bits per heavy atom. The summed E-state index contributed by atoms with van der Waals surface area (Å²) in [6, 6.07) is 4.94. The minimum atomic E-state index is -0.675. The average molecular weight is 258 g/mol. The van der Waals surface area contributed by atoms with Crippen LogP contribution in [-0.4, -0.2) is 16.3 Å². The lowest BCUT2D eigenvalue weighted by molar-refractivity contribution is 0.112. The van der Waals surface area contributed by atoms with Crippen molar-refractivity contribution in [1.82, 2.24) is 9.97 Å². The number of fused-ring (bicyclic) bond motifs is 1. The second-order valence-electron chi connectivity index (χ2n) is 4.07. The molecule has 2 aromatic heterocycles. The molecule has 3 aromatic rings. The van der Waals surface area contributed by atoms with E-state index in [4.69, 9.17) is 0 Å². The van der Waals surface area contributed by atoms with Crippen molar-refractivity contribution in [2.24, 2.45) is 0 Å². The van der Waals surface area contributed by atoms with Gasteiger partial charge in [0.1, 0.15) is 17.3 Å². The summed E-state index contributed by atoms with van der Waals surface area (Å²) in [6.45, 7) is 0. The van der Waals surface area contributed by atoms with E-state index in [-0.39, 0.29) is 5.56 Å². The molecule has 0 aliphatic rings. The minimum absolute atomic E-state index is 0.233. The van der Waals surface area contributed by atoms with Crippen LogP contribution in [0, 0.1) is 11.6 Å². The molecular formula is C14H8F2N2O. The van der Waals surface area contributed by atoms with Gasteiger partial charge in [0.15, 0.2) is 6.29 Å². The number of pyridine rings is 1. The van der Waals surface area contributed by atoms with Gasteiger partial charge in [0.2, 0.25) is 0 Å². The first-order valence-corrected chi connectivity index (χ1v) is 5.57. The third-order valence-corrected chi connectivity index (χ3v) is 2.95. The lowest BCUT2D eigenvalue weighted by Crippen LogP contribution is -1.89. The van der Waals surface area contributed by atoms with E-state index in [1.165, 1.54) is 24.5 Å². The number of carbonyl (C=O) groups is 1. The fourth-order valence-electron chi connectivity index (χ4n) is 2.11. The van der Waals surface area contributed by atoms with Crippen molar-refractivity contribution in [2.75, 3.05) is 0 Å². The van der Waals surface area contributed by atoms with E-state index in [0.29, 0.717) is 28.4 Å². The summed E-state index contributed by atoms with van der Waals surface area (Å²) in [4.78, 5) is 17.9. The monoisotopic (exact) mass is 258 g/mol. The van der Waals surface area contributed by atoms with Gasteiger partial charge in [-0.25, -0.2) is 13.8 Å². The highest BCUT2D eigenvalue weighted by molar-refractivity contribution is 6.04. The van der Waals surface area contributed by atoms with Crippen molar-refractivity contribution < 1.29 is 13.6 Å². The largest absolute Gasteiger partial charge is 0.345 e. The van der Waals surface area contributed by atoms with E-state index in [1.807, 2.05) is 0 Å². The predicted octanol–water partition coefficient (Wildman–Crippen LogP) is 3.32. The Kier molecular flexibility index (Phi) is 2.59. The highest BCUT2D eigenvalue weighted by Crippen LogP contribution is 2.31. The smallest absolute Gasteiger partial charge is 0.152 e. The Balaban J connectivity index is 2.35. The molecule has 0 saturated heterocycles. The Morgan fingerprint density at radius 1 is 1.16 bits per heavy atom. The molecule has 0 saturated carbocycles. The number of rotatable bonds is 2. The van der Waals surface area contributed by atoms with E-state index >= 15 is 0 Å². The van der Waals surface area contributed by atoms with Gasteiger partial charge >= 0.3 is 0 Å². The molecule has 0 spiro atoms. The van der Waals surface area contributed by atoms with Gasteiger partial charge in [-0.05, 0) is 23.8 Å². The van der Waals surface area contributed by atoms with Gasteiger partial charge in [-0.1, -0.05) is 0 Å². The van der Waals surface area contributed by atoms with Crippen LogP contribution in [0.15, 0.2) is 36.7 Å². The number of aromatic amines is 1. The molecule has 0 aliphatic heterocycles. The summed E-state index contributed by atoms with van der Waals surface area (Å²) in [5.41, 5.74) is 1.62. The first kappa shape index (κ1) is 11.5. The van der Waals surface area contributed by atoms with Crippen molar-refractivity contribution in [1.29, 1.82) is 0 Å². The number of aldehydes is 1. The van der Waals surface area contributed by atoms with Gasteiger partial charge in [-0.3, -0.25) is 4.79 Å². The lowest BCUT2D eigenvalue weighted by Gasteiger charge is -2.05. The van der Waals surface area contributed by atoms with Gasteiger partial charge in [0, 0.05) is 35.0 Å². The van der Waals surface area contributed by atoms with E-state index < -0.39 is 11.6 Å². The van der Waals surface area contributed by atoms with Gasteiger partial charge in [0.25, 0.3) is 0 Å². The molecule has 2 heterocycles. The standard InChI is InChI=1S/C14H8F2N2O/c15-9-1-2-10(12(16)5-9)11-3-4-17-14-13(11)8(7-19)6-18-14/h1-7H,(H,17,18). The number of aromatic nitrogens is 2. The fraction of sp³-hybridized carbons (Fsp3) is 0. The van der Waals surface area contributed by atoms with Crippen LogP contribution in [0.3, 0.4) is 0 Å². The Labute approximate surface area is 106 Å². The molecule has 19 heavy (non-hydrogen) atoms. The molecule has 5 heteroatoms. The second-order valence-corrected chi connectivity index (χ2v) is 4.07. The van der Waals surface area contributed by atoms with E-state index in [0.717, 1.165) is 6.07 Å².